The van der Waals surface area contributed by atoms with Crippen LogP contribution in [0.25, 0.3) is 0 Å². The molecule has 0 bridgehead atoms. The van der Waals surface area contributed by atoms with Crippen LogP contribution in [0.1, 0.15) is 5.56 Å². The summed E-state index contributed by atoms with van der Waals surface area (Å²) >= 11 is 0. The molecular formula is C8H13NOSi. The second kappa shape index (κ2) is 5.07. The summed E-state index contributed by atoms with van der Waals surface area (Å²) in [6.45, 7) is 0.744. The fourth-order valence-electron chi connectivity index (χ4n) is 0.845. The van der Waals surface area contributed by atoms with Crippen molar-refractivity contribution in [2.45, 2.75) is 6.61 Å². The van der Waals surface area contributed by atoms with Gasteiger partial charge < -0.3 is 9.41 Å². The second-order valence-corrected chi connectivity index (χ2v) is 3.74. The molecule has 1 N–H and O–H groups in total. The monoisotopic (exact) mass is 167 g/mol. The Morgan fingerprint density at radius 1 is 1.36 bits per heavy atom. The highest BCUT2D eigenvalue weighted by atomic mass is 28.2. The van der Waals surface area contributed by atoms with Gasteiger partial charge in [-0.1, -0.05) is 30.3 Å². The molecule has 1 aromatic rings. The van der Waals surface area contributed by atoms with Crippen LogP contribution >= 0.6 is 0 Å². The van der Waals surface area contributed by atoms with E-state index in [1.54, 1.807) is 0 Å². The zero-order valence-corrected chi connectivity index (χ0v) is 8.12. The largest absolute Gasteiger partial charge is 0.404 e. The minimum absolute atomic E-state index is 0.472. The van der Waals surface area contributed by atoms with E-state index in [-0.39, 0.29) is 0 Å². The van der Waals surface area contributed by atoms with Gasteiger partial charge in [-0.25, -0.2) is 0 Å². The van der Waals surface area contributed by atoms with Crippen LogP contribution in [-0.4, -0.2) is 17.0 Å². The Hall–Kier alpha value is -0.643. The van der Waals surface area contributed by atoms with Crippen LogP contribution in [0.2, 0.25) is 0 Å². The van der Waals surface area contributed by atoms with Crippen LogP contribution < -0.4 is 4.98 Å². The third-order valence-electron chi connectivity index (χ3n) is 1.36. The lowest BCUT2D eigenvalue weighted by Crippen LogP contribution is -2.16. The summed E-state index contributed by atoms with van der Waals surface area (Å²) in [6.07, 6.45) is 0. The first kappa shape index (κ1) is 8.45. The van der Waals surface area contributed by atoms with Crippen molar-refractivity contribution in [2.75, 3.05) is 7.05 Å². The molecule has 0 atom stereocenters. The molecule has 0 saturated heterocycles. The summed E-state index contributed by atoms with van der Waals surface area (Å²) in [5.41, 5.74) is 1.25. The van der Waals surface area contributed by atoms with Gasteiger partial charge in [-0.05, 0) is 12.6 Å². The van der Waals surface area contributed by atoms with E-state index in [9.17, 15) is 0 Å². The van der Waals surface area contributed by atoms with Crippen molar-refractivity contribution < 1.29 is 4.43 Å². The van der Waals surface area contributed by atoms with E-state index in [0.717, 1.165) is 6.61 Å². The van der Waals surface area contributed by atoms with Gasteiger partial charge in [0.25, 0.3) is 0 Å². The molecule has 0 unspecified atom stereocenters. The third-order valence-corrected chi connectivity index (χ3v) is 2.05. The predicted molar refractivity (Wildman–Crippen MR) is 48.8 cm³/mol. The van der Waals surface area contributed by atoms with E-state index in [4.69, 9.17) is 4.43 Å². The average molecular weight is 167 g/mol. The maximum Gasteiger partial charge on any atom is 0.236 e. The molecule has 11 heavy (non-hydrogen) atoms. The fraction of sp³-hybridized carbons (Fsp3) is 0.250. The highest BCUT2D eigenvalue weighted by Crippen LogP contribution is 1.98. The Bertz CT molecular complexity index is 191. The van der Waals surface area contributed by atoms with Gasteiger partial charge in [-0.3, -0.25) is 0 Å². The number of benzene rings is 1. The van der Waals surface area contributed by atoms with Crippen molar-refractivity contribution in [1.82, 2.24) is 4.98 Å². The first-order valence-electron chi connectivity index (χ1n) is 3.70. The number of hydrogen-bond donors (Lipinski definition) is 1. The molecule has 0 spiro atoms. The Morgan fingerprint density at radius 2 is 2.09 bits per heavy atom. The average Bonchev–Trinajstić information content (AvgIpc) is 2.07. The molecule has 0 fully saturated rings. The summed E-state index contributed by atoms with van der Waals surface area (Å²) in [6, 6.07) is 10.2. The molecule has 60 valence electrons. The van der Waals surface area contributed by atoms with Gasteiger partial charge in [0.05, 0.1) is 6.61 Å². The van der Waals surface area contributed by atoms with Gasteiger partial charge in [0.15, 0.2) is 0 Å². The van der Waals surface area contributed by atoms with Gasteiger partial charge in [-0.2, -0.15) is 0 Å². The minimum atomic E-state index is -0.472. The van der Waals surface area contributed by atoms with Crippen LogP contribution in [0.5, 0.6) is 0 Å². The molecule has 0 aliphatic heterocycles. The highest BCUT2D eigenvalue weighted by Gasteiger charge is 1.88. The third kappa shape index (κ3) is 3.32. The zero-order chi connectivity index (χ0) is 7.94. The van der Waals surface area contributed by atoms with Crippen molar-refractivity contribution in [1.29, 1.82) is 0 Å². The van der Waals surface area contributed by atoms with Crippen LogP contribution in [0.3, 0.4) is 0 Å². The molecule has 0 aliphatic rings. The highest BCUT2D eigenvalue weighted by molar-refractivity contribution is 6.23. The van der Waals surface area contributed by atoms with E-state index < -0.39 is 9.92 Å². The topological polar surface area (TPSA) is 21.3 Å². The van der Waals surface area contributed by atoms with E-state index in [1.165, 1.54) is 5.56 Å². The summed E-state index contributed by atoms with van der Waals surface area (Å²) in [4.78, 5) is 3.05. The fourth-order valence-corrected chi connectivity index (χ4v) is 1.39. The van der Waals surface area contributed by atoms with Crippen molar-refractivity contribution in [2.24, 2.45) is 0 Å². The van der Waals surface area contributed by atoms with Crippen LogP contribution in [0.15, 0.2) is 30.3 Å². The first-order valence-corrected chi connectivity index (χ1v) is 4.98. The van der Waals surface area contributed by atoms with E-state index in [0.29, 0.717) is 0 Å². The Kier molecular flexibility index (Phi) is 3.89. The quantitative estimate of drug-likeness (QED) is 0.518. The zero-order valence-electron chi connectivity index (χ0n) is 6.71. The lowest BCUT2D eigenvalue weighted by Gasteiger charge is -2.01. The second-order valence-electron chi connectivity index (χ2n) is 2.33. The van der Waals surface area contributed by atoms with E-state index >= 15 is 0 Å². The number of rotatable bonds is 4. The number of nitrogens with one attached hydrogen (secondary N) is 1. The molecule has 0 saturated carbocycles. The summed E-state index contributed by atoms with van der Waals surface area (Å²) in [5.74, 6) is 0. The van der Waals surface area contributed by atoms with Gasteiger partial charge in [0.1, 0.15) is 0 Å². The van der Waals surface area contributed by atoms with E-state index in [1.807, 2.05) is 25.2 Å². The molecule has 0 aromatic heterocycles. The smallest absolute Gasteiger partial charge is 0.236 e. The molecular weight excluding hydrogens is 154 g/mol. The Labute approximate surface area is 69.6 Å². The molecule has 2 nitrogen and oxygen atoms in total. The summed E-state index contributed by atoms with van der Waals surface area (Å²) < 4.78 is 5.40. The Balaban J connectivity index is 2.28. The molecule has 1 rings (SSSR count). The maximum absolute atomic E-state index is 5.40. The van der Waals surface area contributed by atoms with Crippen LogP contribution in [0.4, 0.5) is 0 Å². The number of hydrogen-bond acceptors (Lipinski definition) is 2. The molecule has 0 amide bonds. The minimum Gasteiger partial charge on any atom is -0.404 e. The molecule has 0 heterocycles. The van der Waals surface area contributed by atoms with Gasteiger partial charge in [0, 0.05) is 0 Å². The van der Waals surface area contributed by atoms with E-state index in [2.05, 4.69) is 17.1 Å². The molecule has 0 aliphatic carbocycles. The SMILES string of the molecule is CN[SiH2]OCc1ccccc1. The van der Waals surface area contributed by atoms with Crippen LogP contribution in [-0.2, 0) is 11.0 Å². The first-order chi connectivity index (χ1) is 5.43. The summed E-state index contributed by atoms with van der Waals surface area (Å²) in [5, 5.41) is 0. The molecule has 3 heteroatoms. The summed E-state index contributed by atoms with van der Waals surface area (Å²) in [7, 11) is 1.46. The molecule has 1 aromatic carbocycles. The van der Waals surface area contributed by atoms with Gasteiger partial charge in [0.2, 0.25) is 9.92 Å². The molecule has 0 radical (unpaired) electrons. The normalized spacial score (nSPS) is 11.0. The van der Waals surface area contributed by atoms with Crippen molar-refractivity contribution >= 4 is 9.92 Å². The standard InChI is InChI=1S/C8H13NOSi/c1-9-11-10-7-8-5-3-2-4-6-8/h2-6,9H,7,11H2,1H3. The van der Waals surface area contributed by atoms with Crippen LogP contribution in [0, 0.1) is 0 Å². The van der Waals surface area contributed by atoms with Gasteiger partial charge >= 0.3 is 0 Å². The Morgan fingerprint density at radius 3 is 2.73 bits per heavy atom. The lowest BCUT2D eigenvalue weighted by molar-refractivity contribution is 0.319. The van der Waals surface area contributed by atoms with Crippen molar-refractivity contribution in [3.05, 3.63) is 35.9 Å². The lowest BCUT2D eigenvalue weighted by atomic mass is 10.2. The van der Waals surface area contributed by atoms with Gasteiger partial charge in [-0.15, -0.1) is 0 Å². The van der Waals surface area contributed by atoms with Crippen molar-refractivity contribution in [3.8, 4) is 0 Å². The predicted octanol–water partition coefficient (Wildman–Crippen LogP) is 0.421. The maximum atomic E-state index is 5.40. The van der Waals surface area contributed by atoms with Crippen molar-refractivity contribution in [3.63, 3.8) is 0 Å².